The minimum atomic E-state index is -0.120. The molecule has 0 fully saturated rings. The smallest absolute Gasteiger partial charge is 0.265 e. The van der Waals surface area contributed by atoms with Crippen LogP contribution in [0.1, 0.15) is 15.2 Å². The predicted molar refractivity (Wildman–Crippen MR) is 89.5 cm³/mol. The first-order valence-electron chi connectivity index (χ1n) is 6.93. The molecule has 1 aromatic heterocycles. The van der Waals surface area contributed by atoms with Gasteiger partial charge in [-0.2, -0.15) is 0 Å². The van der Waals surface area contributed by atoms with Gasteiger partial charge in [0.25, 0.3) is 5.91 Å². The molecule has 3 nitrogen and oxygen atoms in total. The number of carbonyl (C=O) groups is 1. The van der Waals surface area contributed by atoms with Crippen LogP contribution in [0.25, 0.3) is 0 Å². The van der Waals surface area contributed by atoms with Crippen LogP contribution < -0.4 is 10.1 Å². The van der Waals surface area contributed by atoms with E-state index < -0.39 is 0 Å². The number of hydrogen-bond donors (Lipinski definition) is 1. The van der Waals surface area contributed by atoms with Crippen molar-refractivity contribution in [2.24, 2.45) is 0 Å². The van der Waals surface area contributed by atoms with Gasteiger partial charge in [0, 0.05) is 0 Å². The Hall–Kier alpha value is -2.59. The molecule has 0 bridgehead atoms. The molecule has 1 amide bonds. The maximum Gasteiger partial charge on any atom is 0.265 e. The molecule has 0 saturated heterocycles. The third kappa shape index (κ3) is 3.54. The van der Waals surface area contributed by atoms with Crippen LogP contribution >= 0.6 is 11.3 Å². The van der Waals surface area contributed by atoms with Crippen LogP contribution in [0.3, 0.4) is 0 Å². The first kappa shape index (κ1) is 14.4. The number of benzene rings is 2. The van der Waals surface area contributed by atoms with E-state index in [1.54, 1.807) is 6.07 Å². The van der Waals surface area contributed by atoms with Gasteiger partial charge in [-0.15, -0.1) is 11.3 Å². The third-order valence-corrected chi connectivity index (χ3v) is 3.99. The number of anilines is 1. The first-order chi connectivity index (χ1) is 10.8. The van der Waals surface area contributed by atoms with Crippen LogP contribution in [-0.4, -0.2) is 5.91 Å². The lowest BCUT2D eigenvalue weighted by Crippen LogP contribution is -2.11. The zero-order valence-corrected chi connectivity index (χ0v) is 12.7. The standard InChI is InChI=1S/C18H15NO2S/c20-18(17-11-6-12-22-17)19-15-9-4-5-10-16(15)21-13-14-7-2-1-3-8-14/h1-12H,13H2,(H,19,20). The molecule has 4 heteroatoms. The van der Waals surface area contributed by atoms with Crippen LogP contribution in [-0.2, 0) is 6.61 Å². The van der Waals surface area contributed by atoms with Gasteiger partial charge >= 0.3 is 0 Å². The van der Waals surface area contributed by atoms with Crippen molar-refractivity contribution >= 4 is 22.9 Å². The molecule has 0 aliphatic rings. The molecule has 0 spiro atoms. The van der Waals surface area contributed by atoms with Gasteiger partial charge in [-0.05, 0) is 29.1 Å². The van der Waals surface area contributed by atoms with E-state index in [1.165, 1.54) is 11.3 Å². The quantitative estimate of drug-likeness (QED) is 0.749. The van der Waals surface area contributed by atoms with Crippen molar-refractivity contribution in [2.75, 3.05) is 5.32 Å². The minimum Gasteiger partial charge on any atom is -0.487 e. The van der Waals surface area contributed by atoms with Crippen molar-refractivity contribution in [2.45, 2.75) is 6.61 Å². The molecular weight excluding hydrogens is 294 g/mol. The molecule has 22 heavy (non-hydrogen) atoms. The molecule has 0 radical (unpaired) electrons. The maximum atomic E-state index is 12.1. The van der Waals surface area contributed by atoms with Crippen LogP contribution in [0.2, 0.25) is 0 Å². The Kier molecular flexibility index (Phi) is 4.51. The fraction of sp³-hybridized carbons (Fsp3) is 0.0556. The predicted octanol–water partition coefficient (Wildman–Crippen LogP) is 4.58. The van der Waals surface area contributed by atoms with Gasteiger partial charge in [0.1, 0.15) is 12.4 Å². The summed E-state index contributed by atoms with van der Waals surface area (Å²) in [5, 5.41) is 4.78. The Morgan fingerprint density at radius 2 is 1.73 bits per heavy atom. The molecule has 2 aromatic carbocycles. The van der Waals surface area contributed by atoms with Gasteiger partial charge in [-0.1, -0.05) is 48.5 Å². The lowest BCUT2D eigenvalue weighted by Gasteiger charge is -2.12. The monoisotopic (exact) mass is 309 g/mol. The number of rotatable bonds is 5. The second kappa shape index (κ2) is 6.91. The molecule has 110 valence electrons. The molecule has 0 atom stereocenters. The van der Waals surface area contributed by atoms with Gasteiger partial charge in [-0.3, -0.25) is 4.79 Å². The average Bonchev–Trinajstić information content (AvgIpc) is 3.10. The van der Waals surface area contributed by atoms with Crippen molar-refractivity contribution in [3.63, 3.8) is 0 Å². The van der Waals surface area contributed by atoms with Gasteiger partial charge in [-0.25, -0.2) is 0 Å². The number of para-hydroxylation sites is 2. The van der Waals surface area contributed by atoms with Crippen molar-refractivity contribution in [3.8, 4) is 5.75 Å². The van der Waals surface area contributed by atoms with E-state index in [9.17, 15) is 4.79 Å². The average molecular weight is 309 g/mol. The molecule has 1 heterocycles. The molecule has 3 rings (SSSR count). The summed E-state index contributed by atoms with van der Waals surface area (Å²) in [5.41, 5.74) is 1.76. The number of nitrogens with one attached hydrogen (secondary N) is 1. The van der Waals surface area contributed by atoms with Crippen LogP contribution in [0.5, 0.6) is 5.75 Å². The molecule has 1 N–H and O–H groups in total. The zero-order valence-electron chi connectivity index (χ0n) is 11.9. The van der Waals surface area contributed by atoms with E-state index >= 15 is 0 Å². The summed E-state index contributed by atoms with van der Waals surface area (Å²) in [6, 6.07) is 21.1. The van der Waals surface area contributed by atoms with Gasteiger partial charge in [0.05, 0.1) is 10.6 Å². The van der Waals surface area contributed by atoms with Crippen molar-refractivity contribution in [1.82, 2.24) is 0 Å². The van der Waals surface area contributed by atoms with Crippen molar-refractivity contribution < 1.29 is 9.53 Å². The molecule has 0 unspecified atom stereocenters. The van der Waals surface area contributed by atoms with E-state index in [1.807, 2.05) is 66.0 Å². The second-order valence-corrected chi connectivity index (χ2v) is 5.65. The first-order valence-corrected chi connectivity index (χ1v) is 7.81. The van der Waals surface area contributed by atoms with Gasteiger partial charge in [0.2, 0.25) is 0 Å². The van der Waals surface area contributed by atoms with E-state index in [4.69, 9.17) is 4.74 Å². The fourth-order valence-electron chi connectivity index (χ4n) is 2.02. The van der Waals surface area contributed by atoms with E-state index in [-0.39, 0.29) is 5.91 Å². The topological polar surface area (TPSA) is 38.3 Å². The Bertz CT molecular complexity index is 739. The Morgan fingerprint density at radius 1 is 0.955 bits per heavy atom. The molecule has 0 saturated carbocycles. The van der Waals surface area contributed by atoms with E-state index in [0.717, 1.165) is 5.56 Å². The summed E-state index contributed by atoms with van der Waals surface area (Å²) in [6.07, 6.45) is 0. The van der Waals surface area contributed by atoms with E-state index in [2.05, 4.69) is 5.32 Å². The van der Waals surface area contributed by atoms with Crippen LogP contribution in [0, 0.1) is 0 Å². The summed E-state index contributed by atoms with van der Waals surface area (Å²) in [5.74, 6) is 0.544. The van der Waals surface area contributed by atoms with Crippen molar-refractivity contribution in [3.05, 3.63) is 82.6 Å². The van der Waals surface area contributed by atoms with Crippen LogP contribution in [0.15, 0.2) is 72.1 Å². The van der Waals surface area contributed by atoms with Gasteiger partial charge in [0.15, 0.2) is 0 Å². The summed E-state index contributed by atoms with van der Waals surface area (Å²) in [4.78, 5) is 12.8. The largest absolute Gasteiger partial charge is 0.487 e. The minimum absolute atomic E-state index is 0.120. The lowest BCUT2D eigenvalue weighted by molar-refractivity contribution is 0.103. The zero-order chi connectivity index (χ0) is 15.2. The number of carbonyl (C=O) groups excluding carboxylic acids is 1. The van der Waals surface area contributed by atoms with Crippen LogP contribution in [0.4, 0.5) is 5.69 Å². The highest BCUT2D eigenvalue weighted by atomic mass is 32.1. The number of ether oxygens (including phenoxy) is 1. The van der Waals surface area contributed by atoms with Gasteiger partial charge < -0.3 is 10.1 Å². The fourth-order valence-corrected chi connectivity index (χ4v) is 2.64. The summed E-state index contributed by atoms with van der Waals surface area (Å²) < 4.78 is 5.83. The molecule has 0 aliphatic carbocycles. The molecular formula is C18H15NO2S. The second-order valence-electron chi connectivity index (χ2n) is 4.70. The Morgan fingerprint density at radius 3 is 2.50 bits per heavy atom. The molecule has 3 aromatic rings. The Labute approximate surface area is 133 Å². The summed E-state index contributed by atoms with van der Waals surface area (Å²) in [7, 11) is 0. The number of hydrogen-bond acceptors (Lipinski definition) is 3. The van der Waals surface area contributed by atoms with E-state index in [0.29, 0.717) is 22.9 Å². The highest BCUT2D eigenvalue weighted by Crippen LogP contribution is 2.25. The highest BCUT2D eigenvalue weighted by molar-refractivity contribution is 7.12. The number of thiophene rings is 1. The summed E-state index contributed by atoms with van der Waals surface area (Å²) >= 11 is 1.41. The normalized spacial score (nSPS) is 10.2. The molecule has 0 aliphatic heterocycles. The lowest BCUT2D eigenvalue weighted by atomic mass is 10.2. The Balaban J connectivity index is 1.71. The maximum absolute atomic E-state index is 12.1. The number of amides is 1. The van der Waals surface area contributed by atoms with Crippen molar-refractivity contribution in [1.29, 1.82) is 0 Å². The SMILES string of the molecule is O=C(Nc1ccccc1OCc1ccccc1)c1cccs1. The third-order valence-electron chi connectivity index (χ3n) is 3.12. The summed E-state index contributed by atoms with van der Waals surface area (Å²) in [6.45, 7) is 0.465. The highest BCUT2D eigenvalue weighted by Gasteiger charge is 2.10.